The topological polar surface area (TPSA) is 75.5 Å². The molecule has 1 aromatic carbocycles. The fourth-order valence-electron chi connectivity index (χ4n) is 7.74. The summed E-state index contributed by atoms with van der Waals surface area (Å²) in [4.78, 5) is 23.7. The zero-order valence-electron chi connectivity index (χ0n) is 26.6. The largest absolute Gasteiger partial charge is 0.360 e. The van der Waals surface area contributed by atoms with Crippen molar-refractivity contribution >= 4 is 17.5 Å². The van der Waals surface area contributed by atoms with E-state index in [1.807, 2.05) is 24.9 Å². The number of carbonyl (C=O) groups is 1. The monoisotopic (exact) mass is 628 g/mol. The van der Waals surface area contributed by atoms with Crippen molar-refractivity contribution in [2.24, 2.45) is 13.0 Å². The van der Waals surface area contributed by atoms with Gasteiger partial charge in [0.25, 0.3) is 0 Å². The van der Waals surface area contributed by atoms with Gasteiger partial charge in [0.2, 0.25) is 5.91 Å². The van der Waals surface area contributed by atoms with Crippen molar-refractivity contribution < 1.29 is 18.3 Å². The van der Waals surface area contributed by atoms with Crippen molar-refractivity contribution in [3.05, 3.63) is 69.9 Å². The van der Waals surface area contributed by atoms with Gasteiger partial charge in [-0.25, -0.2) is 13.8 Å². The molecule has 1 spiro atoms. The minimum Gasteiger partial charge on any atom is -0.360 e. The van der Waals surface area contributed by atoms with E-state index in [0.29, 0.717) is 36.5 Å². The molecule has 2 unspecified atom stereocenters. The van der Waals surface area contributed by atoms with Crippen LogP contribution in [0.4, 0.5) is 8.78 Å². The summed E-state index contributed by atoms with van der Waals surface area (Å²) in [5.74, 6) is -1.64. The highest BCUT2D eigenvalue weighted by molar-refractivity contribution is 6.30. The maximum atomic E-state index is 15.3. The van der Waals surface area contributed by atoms with Gasteiger partial charge in [0, 0.05) is 48.3 Å². The molecule has 44 heavy (non-hydrogen) atoms. The molecule has 1 N–H and O–H groups in total. The van der Waals surface area contributed by atoms with Crippen LogP contribution in [-0.2, 0) is 22.0 Å². The molecule has 5 heterocycles. The standard InChI is InChI=1S/C33H43ClF2N6O2/c1-19-25(34)15-22-27(33(10-12-37-13-11-33)44-28(22)32(5,6)30-38-18-39-40(30)7)42(19)29(43)24-17-41(31(2,3)4)16-23(24)21-9-8-20(35)14-26(21)36/h8-9,14-15,18-19,23-24,28,37H,10-13,16-17H2,1-7H3/t19?,23-,24+,28?/m0/s1. The Hall–Kier alpha value is -2.66. The van der Waals surface area contributed by atoms with Gasteiger partial charge in [-0.2, -0.15) is 5.10 Å². The highest BCUT2D eigenvalue weighted by Gasteiger charge is 2.58. The number of piperidine rings is 1. The third-order valence-electron chi connectivity index (χ3n) is 10.2. The number of nitrogens with one attached hydrogen (secondary N) is 1. The first-order valence-corrected chi connectivity index (χ1v) is 15.9. The number of aryl methyl sites for hydroxylation is 1. The van der Waals surface area contributed by atoms with E-state index >= 15 is 9.18 Å². The summed E-state index contributed by atoms with van der Waals surface area (Å²) in [6.45, 7) is 14.8. The molecule has 4 aliphatic heterocycles. The summed E-state index contributed by atoms with van der Waals surface area (Å²) >= 11 is 7.00. The van der Waals surface area contributed by atoms with Crippen molar-refractivity contribution in [2.75, 3.05) is 26.2 Å². The van der Waals surface area contributed by atoms with Crippen LogP contribution in [0.5, 0.6) is 0 Å². The number of likely N-dealkylation sites (tertiary alicyclic amines) is 1. The maximum Gasteiger partial charge on any atom is 0.232 e. The number of hydrogen-bond donors (Lipinski definition) is 1. The minimum atomic E-state index is -0.710. The second-order valence-electron chi connectivity index (χ2n) is 14.3. The SMILES string of the molecule is CC1C(Cl)=CC2=C(N1C(=O)[C@@H]1CN(C(C)(C)C)C[C@H]1c1ccc(F)cc1F)C1(CCNCC1)OC2C(C)(C)c1ncnn1C. The normalized spacial score (nSPS) is 27.7. The number of nitrogens with zero attached hydrogens (tertiary/aromatic N) is 5. The molecule has 2 fully saturated rings. The lowest BCUT2D eigenvalue weighted by Crippen LogP contribution is -2.54. The Balaban J connectivity index is 1.48. The fourth-order valence-corrected chi connectivity index (χ4v) is 7.95. The summed E-state index contributed by atoms with van der Waals surface area (Å²) in [6.07, 6.45) is 4.47. The Labute approximate surface area is 263 Å². The first-order valence-electron chi connectivity index (χ1n) is 15.5. The van der Waals surface area contributed by atoms with Gasteiger partial charge in [-0.05, 0) is 85.2 Å². The Morgan fingerprint density at radius 3 is 2.45 bits per heavy atom. The van der Waals surface area contributed by atoms with Crippen LogP contribution in [0, 0.1) is 17.6 Å². The average molecular weight is 629 g/mol. The fraction of sp³-hybridized carbons (Fsp3) is 0.606. The van der Waals surface area contributed by atoms with E-state index in [0.717, 1.165) is 36.3 Å². The van der Waals surface area contributed by atoms with Gasteiger partial charge in [0.15, 0.2) is 0 Å². The Morgan fingerprint density at radius 2 is 1.84 bits per heavy atom. The van der Waals surface area contributed by atoms with Crippen LogP contribution in [0.2, 0.25) is 0 Å². The first-order chi connectivity index (χ1) is 20.7. The number of carbonyl (C=O) groups excluding carboxylic acids is 1. The van der Waals surface area contributed by atoms with Crippen molar-refractivity contribution in [3.8, 4) is 0 Å². The number of benzene rings is 1. The van der Waals surface area contributed by atoms with Crippen LogP contribution in [0.3, 0.4) is 0 Å². The van der Waals surface area contributed by atoms with Crippen molar-refractivity contribution in [1.82, 2.24) is 29.9 Å². The number of halogens is 3. The van der Waals surface area contributed by atoms with Crippen LogP contribution in [0.1, 0.15) is 71.7 Å². The molecular formula is C33H43ClF2N6O2. The predicted molar refractivity (Wildman–Crippen MR) is 165 cm³/mol. The third kappa shape index (κ3) is 5.02. The second kappa shape index (κ2) is 11.0. The van der Waals surface area contributed by atoms with Crippen molar-refractivity contribution in [2.45, 2.75) is 89.0 Å². The molecule has 4 atom stereocenters. The molecule has 2 aromatic rings. The molecule has 8 nitrogen and oxygen atoms in total. The lowest BCUT2D eigenvalue weighted by atomic mass is 9.78. The van der Waals surface area contributed by atoms with Crippen molar-refractivity contribution in [3.63, 3.8) is 0 Å². The molecule has 4 aliphatic rings. The highest BCUT2D eigenvalue weighted by atomic mass is 35.5. The maximum absolute atomic E-state index is 15.3. The van der Waals surface area contributed by atoms with Crippen molar-refractivity contribution in [1.29, 1.82) is 0 Å². The van der Waals surface area contributed by atoms with Gasteiger partial charge in [-0.3, -0.25) is 14.4 Å². The lowest BCUT2D eigenvalue weighted by Gasteiger charge is -2.44. The molecule has 1 aromatic heterocycles. The molecule has 6 rings (SSSR count). The zero-order valence-corrected chi connectivity index (χ0v) is 27.4. The molecule has 11 heteroatoms. The molecular weight excluding hydrogens is 586 g/mol. The number of rotatable bonds is 4. The van der Waals surface area contributed by atoms with E-state index in [9.17, 15) is 4.39 Å². The van der Waals surface area contributed by atoms with Gasteiger partial charge < -0.3 is 15.0 Å². The van der Waals surface area contributed by atoms with Gasteiger partial charge in [-0.15, -0.1) is 0 Å². The number of aromatic nitrogens is 3. The summed E-state index contributed by atoms with van der Waals surface area (Å²) in [5.41, 5.74) is 0.534. The molecule has 0 aliphatic carbocycles. The quantitative estimate of drug-likeness (QED) is 0.513. The molecule has 2 saturated heterocycles. The summed E-state index contributed by atoms with van der Waals surface area (Å²) in [6, 6.07) is 3.24. The molecule has 0 bridgehead atoms. The summed E-state index contributed by atoms with van der Waals surface area (Å²) in [7, 11) is 1.87. The van der Waals surface area contributed by atoms with E-state index in [-0.39, 0.29) is 11.4 Å². The average Bonchev–Trinajstić information content (AvgIpc) is 3.67. The van der Waals surface area contributed by atoms with E-state index < -0.39 is 46.6 Å². The molecule has 1 amide bonds. The van der Waals surface area contributed by atoms with Gasteiger partial charge in [-0.1, -0.05) is 17.7 Å². The smallest absolute Gasteiger partial charge is 0.232 e. The van der Waals surface area contributed by atoms with Crippen LogP contribution >= 0.6 is 11.6 Å². The van der Waals surface area contributed by atoms with Gasteiger partial charge in [0.05, 0.1) is 29.2 Å². The van der Waals surface area contributed by atoms with Crippen LogP contribution in [-0.4, -0.2) is 79.9 Å². The number of amides is 1. The number of ether oxygens (including phenoxy) is 1. The van der Waals surface area contributed by atoms with Crippen LogP contribution in [0.15, 0.2) is 46.9 Å². The second-order valence-corrected chi connectivity index (χ2v) is 14.8. The van der Waals surface area contributed by atoms with Gasteiger partial charge >= 0.3 is 0 Å². The number of hydrogen-bond acceptors (Lipinski definition) is 6. The van der Waals surface area contributed by atoms with Crippen LogP contribution < -0.4 is 5.32 Å². The molecule has 0 radical (unpaired) electrons. The lowest BCUT2D eigenvalue weighted by molar-refractivity contribution is -0.138. The number of fused-ring (bicyclic) bond motifs is 1. The highest BCUT2D eigenvalue weighted by Crippen LogP contribution is 2.53. The summed E-state index contributed by atoms with van der Waals surface area (Å²) < 4.78 is 38.2. The molecule has 238 valence electrons. The van der Waals surface area contributed by atoms with Crippen LogP contribution in [0.25, 0.3) is 0 Å². The van der Waals surface area contributed by atoms with E-state index in [1.165, 1.54) is 12.1 Å². The van der Waals surface area contributed by atoms with E-state index in [2.05, 4.69) is 54.9 Å². The Morgan fingerprint density at radius 1 is 1.14 bits per heavy atom. The minimum absolute atomic E-state index is 0.115. The Kier molecular flexibility index (Phi) is 7.83. The predicted octanol–water partition coefficient (Wildman–Crippen LogP) is 5.01. The Bertz CT molecular complexity index is 1520. The molecule has 0 saturated carbocycles. The van der Waals surface area contributed by atoms with E-state index in [1.54, 1.807) is 11.0 Å². The third-order valence-corrected chi connectivity index (χ3v) is 10.6. The first kappa shape index (κ1) is 31.3. The van der Waals surface area contributed by atoms with Gasteiger partial charge in [0.1, 0.15) is 29.4 Å². The zero-order chi connectivity index (χ0) is 31.8. The summed E-state index contributed by atoms with van der Waals surface area (Å²) in [5, 5.41) is 8.31. The van der Waals surface area contributed by atoms with E-state index in [4.69, 9.17) is 16.3 Å².